The number of fused-ring (bicyclic) bond motifs is 1. The summed E-state index contributed by atoms with van der Waals surface area (Å²) < 4.78 is 10.9. The number of H-pyrrole nitrogens is 1. The molecule has 2 atom stereocenters. The Morgan fingerprint density at radius 2 is 1.76 bits per heavy atom. The summed E-state index contributed by atoms with van der Waals surface area (Å²) in [5.41, 5.74) is 2.84. The van der Waals surface area contributed by atoms with E-state index in [1.807, 2.05) is 32.0 Å². The largest absolute Gasteiger partial charge is 0.497 e. The van der Waals surface area contributed by atoms with Gasteiger partial charge in [0.1, 0.15) is 5.75 Å². The number of ether oxygens (including phenoxy) is 2. The molecule has 3 aromatic rings. The van der Waals surface area contributed by atoms with Gasteiger partial charge in [-0.15, -0.1) is 0 Å². The number of aliphatic hydroxyl groups is 1. The van der Waals surface area contributed by atoms with E-state index in [-0.39, 0.29) is 18.1 Å². The Labute approximate surface area is 228 Å². The third-order valence-electron chi connectivity index (χ3n) is 7.29. The summed E-state index contributed by atoms with van der Waals surface area (Å²) in [7, 11) is 1.61. The molecule has 38 heavy (non-hydrogen) atoms. The minimum Gasteiger partial charge on any atom is -0.497 e. The molecule has 0 spiro atoms. The van der Waals surface area contributed by atoms with Crippen LogP contribution in [0.3, 0.4) is 0 Å². The molecule has 2 heterocycles. The Morgan fingerprint density at radius 1 is 1.08 bits per heavy atom. The number of aryl methyl sites for hydroxylation is 1. The number of hydrogen-bond acceptors (Lipinski definition) is 7. The van der Waals surface area contributed by atoms with Gasteiger partial charge in [0.05, 0.1) is 18.6 Å². The lowest BCUT2D eigenvalue weighted by Crippen LogP contribution is -2.48. The number of aromatic amines is 1. The monoisotopic (exact) mass is 541 g/mol. The Morgan fingerprint density at radius 3 is 2.42 bits per heavy atom. The maximum absolute atomic E-state index is 13.7. The zero-order valence-corrected chi connectivity index (χ0v) is 23.0. The number of benzene rings is 2. The van der Waals surface area contributed by atoms with E-state index < -0.39 is 17.9 Å². The van der Waals surface area contributed by atoms with Crippen molar-refractivity contribution in [2.75, 3.05) is 53.0 Å². The fourth-order valence-electron chi connectivity index (χ4n) is 5.29. The molecule has 8 nitrogen and oxygen atoms in total. The van der Waals surface area contributed by atoms with Crippen LogP contribution >= 0.6 is 11.6 Å². The second-order valence-corrected chi connectivity index (χ2v) is 10.4. The van der Waals surface area contributed by atoms with Crippen LogP contribution in [0.1, 0.15) is 40.9 Å². The molecule has 0 radical (unpaired) electrons. The van der Waals surface area contributed by atoms with Crippen molar-refractivity contribution in [1.29, 1.82) is 0 Å². The van der Waals surface area contributed by atoms with E-state index in [0.29, 0.717) is 17.3 Å². The van der Waals surface area contributed by atoms with Crippen molar-refractivity contribution < 1.29 is 24.2 Å². The van der Waals surface area contributed by atoms with Crippen molar-refractivity contribution in [2.24, 2.45) is 5.92 Å². The molecule has 1 aromatic heterocycles. The van der Waals surface area contributed by atoms with E-state index in [0.717, 1.165) is 61.3 Å². The van der Waals surface area contributed by atoms with Gasteiger partial charge in [-0.05, 0) is 67.3 Å². The first-order valence-electron chi connectivity index (χ1n) is 13.0. The normalized spacial score (nSPS) is 16.3. The van der Waals surface area contributed by atoms with Gasteiger partial charge in [0, 0.05) is 67.5 Å². The molecule has 2 aromatic carbocycles. The zero-order valence-electron chi connectivity index (χ0n) is 22.2. The lowest BCUT2D eigenvalue weighted by molar-refractivity contribution is -0.141. The topological polar surface area (TPSA) is 95.1 Å². The highest BCUT2D eigenvalue weighted by Gasteiger charge is 2.35. The molecule has 1 aliphatic rings. The Balaban J connectivity index is 1.60. The average Bonchev–Trinajstić information content (AvgIpc) is 3.23. The number of esters is 2. The van der Waals surface area contributed by atoms with E-state index in [4.69, 9.17) is 26.2 Å². The van der Waals surface area contributed by atoms with Gasteiger partial charge < -0.3 is 29.4 Å². The molecule has 9 heteroatoms. The van der Waals surface area contributed by atoms with E-state index in [1.165, 1.54) is 0 Å². The maximum Gasteiger partial charge on any atom is 0.345 e. The minimum atomic E-state index is -0.698. The van der Waals surface area contributed by atoms with Crippen LogP contribution in [-0.2, 0) is 9.53 Å². The van der Waals surface area contributed by atoms with E-state index in [9.17, 15) is 9.59 Å². The standard InChI is InChI=1S/C29H36ClN3O5/c1-19(18-33-14-12-32(13-15-33)11-4-16-34)26(29(36)38-28(35)21-5-7-22(30)8-6-21)27-20(2)31-25-10-9-23(37-3)17-24(25)27/h5-10,17,19,26,31,34H,4,11-16,18H2,1-3H3. The third kappa shape index (κ3) is 6.56. The molecule has 204 valence electrons. The summed E-state index contributed by atoms with van der Waals surface area (Å²) in [6, 6.07) is 12.0. The number of nitrogens with zero attached hydrogens (tertiary/aromatic N) is 2. The maximum atomic E-state index is 13.7. The first-order valence-corrected chi connectivity index (χ1v) is 13.4. The predicted octanol–water partition coefficient (Wildman–Crippen LogP) is 4.24. The van der Waals surface area contributed by atoms with Crippen LogP contribution in [0.25, 0.3) is 10.9 Å². The quantitative estimate of drug-likeness (QED) is 0.293. The molecule has 1 fully saturated rings. The fraction of sp³-hybridized carbons (Fsp3) is 0.448. The number of rotatable bonds is 10. The van der Waals surface area contributed by atoms with Gasteiger partial charge in [0.15, 0.2) is 0 Å². The first kappa shape index (κ1) is 28.1. The number of halogens is 1. The summed E-state index contributed by atoms with van der Waals surface area (Å²) >= 11 is 5.95. The second-order valence-electron chi connectivity index (χ2n) is 9.97. The SMILES string of the molecule is COc1ccc2[nH]c(C)c(C(C(=O)OC(=O)c3ccc(Cl)cc3)C(C)CN3CCN(CCCO)CC3)c2c1. The molecular weight excluding hydrogens is 506 g/mol. The van der Waals surface area contributed by atoms with Crippen LogP contribution in [0.4, 0.5) is 0 Å². The number of aliphatic hydroxyl groups excluding tert-OH is 1. The van der Waals surface area contributed by atoms with Crippen molar-refractivity contribution in [3.63, 3.8) is 0 Å². The van der Waals surface area contributed by atoms with Crippen LogP contribution in [0, 0.1) is 12.8 Å². The minimum absolute atomic E-state index is 0.131. The Bertz CT molecular complexity index is 1250. The summed E-state index contributed by atoms with van der Waals surface area (Å²) in [6.07, 6.45) is 0.773. The van der Waals surface area contributed by atoms with Crippen molar-refractivity contribution in [1.82, 2.24) is 14.8 Å². The fourth-order valence-corrected chi connectivity index (χ4v) is 5.42. The number of hydrogen-bond donors (Lipinski definition) is 2. The molecular formula is C29H36ClN3O5. The molecule has 0 amide bonds. The number of nitrogens with one attached hydrogen (secondary N) is 1. The smallest absolute Gasteiger partial charge is 0.345 e. The number of carbonyl (C=O) groups is 2. The molecule has 0 saturated carbocycles. The molecule has 1 aliphatic heterocycles. The number of carbonyl (C=O) groups excluding carboxylic acids is 2. The Hall–Kier alpha value is -2.91. The van der Waals surface area contributed by atoms with Gasteiger partial charge in [0.25, 0.3) is 0 Å². The summed E-state index contributed by atoms with van der Waals surface area (Å²) in [4.78, 5) is 34.7. The van der Waals surface area contributed by atoms with Crippen molar-refractivity contribution in [2.45, 2.75) is 26.2 Å². The first-order chi connectivity index (χ1) is 18.3. The molecule has 0 aliphatic carbocycles. The van der Waals surface area contributed by atoms with Gasteiger partial charge in [0.2, 0.25) is 0 Å². The molecule has 4 rings (SSSR count). The predicted molar refractivity (Wildman–Crippen MR) is 148 cm³/mol. The van der Waals surface area contributed by atoms with E-state index in [2.05, 4.69) is 14.8 Å². The zero-order chi connectivity index (χ0) is 27.2. The molecule has 0 bridgehead atoms. The number of piperazine rings is 1. The highest BCUT2D eigenvalue weighted by atomic mass is 35.5. The molecule has 2 N–H and O–H groups in total. The molecule has 2 unspecified atom stereocenters. The van der Waals surface area contributed by atoms with Crippen LogP contribution in [-0.4, -0.2) is 84.8 Å². The van der Waals surface area contributed by atoms with Crippen LogP contribution in [0.5, 0.6) is 5.75 Å². The summed E-state index contributed by atoms with van der Waals surface area (Å²) in [5, 5.41) is 10.5. The van der Waals surface area contributed by atoms with Gasteiger partial charge in [-0.3, -0.25) is 4.79 Å². The molecule has 1 saturated heterocycles. The number of aromatic nitrogens is 1. The summed E-state index contributed by atoms with van der Waals surface area (Å²) in [5.74, 6) is -1.39. The van der Waals surface area contributed by atoms with Gasteiger partial charge in [-0.2, -0.15) is 0 Å². The average molecular weight is 542 g/mol. The van der Waals surface area contributed by atoms with Crippen molar-refractivity contribution in [3.8, 4) is 5.75 Å². The number of methoxy groups -OCH3 is 1. The highest BCUT2D eigenvalue weighted by molar-refractivity contribution is 6.30. The van der Waals surface area contributed by atoms with E-state index >= 15 is 0 Å². The summed E-state index contributed by atoms with van der Waals surface area (Å²) in [6.45, 7) is 9.33. The third-order valence-corrected chi connectivity index (χ3v) is 7.55. The second kappa shape index (κ2) is 12.8. The van der Waals surface area contributed by atoms with Crippen molar-refractivity contribution in [3.05, 3.63) is 64.3 Å². The highest BCUT2D eigenvalue weighted by Crippen LogP contribution is 2.37. The van der Waals surface area contributed by atoms with E-state index in [1.54, 1.807) is 31.4 Å². The Kier molecular flexibility index (Phi) is 9.44. The van der Waals surface area contributed by atoms with Crippen LogP contribution < -0.4 is 4.74 Å². The lowest BCUT2D eigenvalue weighted by atomic mass is 9.84. The van der Waals surface area contributed by atoms with Crippen LogP contribution in [0.2, 0.25) is 5.02 Å². The van der Waals surface area contributed by atoms with Gasteiger partial charge >= 0.3 is 11.9 Å². The van der Waals surface area contributed by atoms with Crippen LogP contribution in [0.15, 0.2) is 42.5 Å². The van der Waals surface area contributed by atoms with Gasteiger partial charge in [-0.25, -0.2) is 4.79 Å². The lowest BCUT2D eigenvalue weighted by Gasteiger charge is -2.37. The van der Waals surface area contributed by atoms with Gasteiger partial charge in [-0.1, -0.05) is 18.5 Å². The van der Waals surface area contributed by atoms with Crippen molar-refractivity contribution >= 4 is 34.4 Å².